The fourth-order valence-corrected chi connectivity index (χ4v) is 4.77. The van der Waals surface area contributed by atoms with Gasteiger partial charge in [-0.15, -0.1) is 0 Å². The first-order chi connectivity index (χ1) is 14.9. The van der Waals surface area contributed by atoms with E-state index < -0.39 is 68.2 Å². The first-order valence-electron chi connectivity index (χ1n) is 8.99. The van der Waals surface area contributed by atoms with Crippen molar-refractivity contribution in [2.45, 2.75) is 18.4 Å². The minimum absolute atomic E-state index is 0.0508. The van der Waals surface area contributed by atoms with Crippen molar-refractivity contribution < 1.29 is 22.9 Å². The summed E-state index contributed by atoms with van der Waals surface area (Å²) in [6.45, 7) is -0.271. The molecule has 1 fully saturated rings. The Labute approximate surface area is 185 Å². The number of nitro groups is 1. The molecule has 0 bridgehead atoms. The molecule has 0 saturated carbocycles. The molecule has 1 saturated heterocycles. The number of nitrogens with zero attached hydrogens (tertiary/aromatic N) is 4. The second kappa shape index (κ2) is 8.55. The van der Waals surface area contributed by atoms with Gasteiger partial charge in [-0.1, -0.05) is 11.6 Å². The number of aryl methyl sites for hydroxylation is 1. The minimum Gasteiger partial charge on any atom is -0.330 e. The summed E-state index contributed by atoms with van der Waals surface area (Å²) < 4.78 is 27.2. The molecule has 13 nitrogen and oxygen atoms in total. The predicted molar refractivity (Wildman–Crippen MR) is 110 cm³/mol. The molecule has 2 amide bonds. The van der Waals surface area contributed by atoms with E-state index in [9.17, 15) is 37.7 Å². The van der Waals surface area contributed by atoms with Crippen molar-refractivity contribution in [1.29, 1.82) is 0 Å². The van der Waals surface area contributed by atoms with Gasteiger partial charge in [0.05, 0.1) is 11.5 Å². The first-order valence-corrected chi connectivity index (χ1v) is 10.8. The van der Waals surface area contributed by atoms with Crippen LogP contribution in [0.5, 0.6) is 0 Å². The van der Waals surface area contributed by atoms with Crippen molar-refractivity contribution in [2.75, 3.05) is 19.6 Å². The highest BCUT2D eigenvalue weighted by molar-refractivity contribution is 7.89. The summed E-state index contributed by atoms with van der Waals surface area (Å²) in [7, 11) is -4.58. The smallest absolute Gasteiger partial charge is 0.328 e. The van der Waals surface area contributed by atoms with Crippen LogP contribution in [0.25, 0.3) is 0 Å². The Balaban J connectivity index is 1.80. The number of sulfonamides is 1. The molecule has 2 heterocycles. The largest absolute Gasteiger partial charge is 0.330 e. The van der Waals surface area contributed by atoms with Gasteiger partial charge in [-0.25, -0.2) is 17.5 Å². The van der Waals surface area contributed by atoms with Crippen LogP contribution < -0.4 is 11.2 Å². The summed E-state index contributed by atoms with van der Waals surface area (Å²) in [5, 5.41) is 11.2. The van der Waals surface area contributed by atoms with Crippen LogP contribution in [0.1, 0.15) is 5.56 Å². The summed E-state index contributed by atoms with van der Waals surface area (Å²) in [6, 6.07) is 2.95. The van der Waals surface area contributed by atoms with Gasteiger partial charge in [0.15, 0.2) is 4.90 Å². The van der Waals surface area contributed by atoms with Gasteiger partial charge in [0.2, 0.25) is 5.91 Å². The molecule has 0 unspecified atom stereocenters. The van der Waals surface area contributed by atoms with Crippen molar-refractivity contribution in [3.05, 3.63) is 65.9 Å². The predicted octanol–water partition coefficient (Wildman–Crippen LogP) is -0.534. The van der Waals surface area contributed by atoms with Gasteiger partial charge in [-0.3, -0.25) is 34.0 Å². The molecule has 15 heteroatoms. The lowest BCUT2D eigenvalue weighted by atomic mass is 10.3. The number of benzene rings is 1. The van der Waals surface area contributed by atoms with Crippen LogP contribution in [-0.4, -0.2) is 63.5 Å². The van der Waals surface area contributed by atoms with E-state index in [0.29, 0.717) is 4.31 Å². The fraction of sp³-hybridized carbons (Fsp3) is 0.294. The molecule has 0 spiro atoms. The number of rotatable bonds is 5. The number of halogens is 1. The monoisotopic (exact) mass is 485 g/mol. The molecule has 1 N–H and O–H groups in total. The number of nitrogens with one attached hydrogen (secondary N) is 1. The van der Waals surface area contributed by atoms with Crippen LogP contribution >= 0.6 is 11.6 Å². The van der Waals surface area contributed by atoms with E-state index in [1.165, 1.54) is 13.1 Å². The average Bonchev–Trinajstić information content (AvgIpc) is 2.71. The van der Waals surface area contributed by atoms with Gasteiger partial charge in [0, 0.05) is 29.4 Å². The molecule has 2 aromatic rings. The van der Waals surface area contributed by atoms with Crippen molar-refractivity contribution in [3.63, 3.8) is 0 Å². The number of carbonyl (C=O) groups is 2. The minimum atomic E-state index is -4.58. The molecule has 0 radical (unpaired) electrons. The molecule has 170 valence electrons. The number of hydrogen-bond acceptors (Lipinski definition) is 8. The Morgan fingerprint density at radius 2 is 1.94 bits per heavy atom. The second-order valence-corrected chi connectivity index (χ2v) is 9.12. The quantitative estimate of drug-likeness (QED) is 0.434. The van der Waals surface area contributed by atoms with E-state index in [1.54, 1.807) is 0 Å². The van der Waals surface area contributed by atoms with Gasteiger partial charge in [0.25, 0.3) is 27.2 Å². The van der Waals surface area contributed by atoms with Crippen LogP contribution in [0.2, 0.25) is 5.02 Å². The van der Waals surface area contributed by atoms with Gasteiger partial charge < -0.3 is 4.90 Å². The van der Waals surface area contributed by atoms with Crippen LogP contribution in [-0.2, 0) is 26.2 Å². The molecule has 1 aliphatic heterocycles. The van der Waals surface area contributed by atoms with E-state index in [-0.39, 0.29) is 17.1 Å². The highest BCUT2D eigenvalue weighted by atomic mass is 35.5. The number of piperazine rings is 1. The van der Waals surface area contributed by atoms with Crippen LogP contribution in [0.4, 0.5) is 5.69 Å². The Morgan fingerprint density at radius 1 is 1.25 bits per heavy atom. The maximum absolute atomic E-state index is 12.9. The summed E-state index contributed by atoms with van der Waals surface area (Å²) in [5.74, 6) is -1.62. The van der Waals surface area contributed by atoms with E-state index in [1.807, 2.05) is 4.98 Å². The number of aromatic amines is 1. The van der Waals surface area contributed by atoms with Crippen molar-refractivity contribution >= 4 is 39.1 Å². The molecule has 1 aromatic carbocycles. The molecule has 0 atom stereocenters. The molecular weight excluding hydrogens is 470 g/mol. The third-order valence-corrected chi connectivity index (χ3v) is 6.81. The Kier molecular flexibility index (Phi) is 6.18. The van der Waals surface area contributed by atoms with E-state index in [0.717, 1.165) is 27.7 Å². The summed E-state index contributed by atoms with van der Waals surface area (Å²) in [6.07, 6.45) is 1.20. The SMILES string of the molecule is Cc1cn(CC(=O)N2CCN(S(=O)(=O)c3ccc(Cl)cc3[N+](=O)[O-])C(=O)C2)c(=O)[nH]c1=O. The number of amides is 2. The lowest BCUT2D eigenvalue weighted by molar-refractivity contribution is -0.387. The standard InChI is InChI=1S/C17H16ClN5O8S/c1-10-7-21(17(27)19-16(10)26)8-14(24)20-4-5-22(15(25)9-20)32(30,31)13-3-2-11(18)6-12(13)23(28)29/h2-3,6-7H,4-5,8-9H2,1H3,(H,19,26,27). The second-order valence-electron chi connectivity index (χ2n) is 6.85. The topological polar surface area (TPSA) is 173 Å². The molecule has 0 aliphatic carbocycles. The normalized spacial score (nSPS) is 14.5. The van der Waals surface area contributed by atoms with E-state index in [4.69, 9.17) is 11.6 Å². The molecule has 3 rings (SSSR count). The summed E-state index contributed by atoms with van der Waals surface area (Å²) in [5.41, 5.74) is -1.98. The van der Waals surface area contributed by atoms with Gasteiger partial charge in [-0.05, 0) is 19.1 Å². The van der Waals surface area contributed by atoms with Crippen molar-refractivity contribution in [1.82, 2.24) is 18.8 Å². The van der Waals surface area contributed by atoms with Crippen LogP contribution in [0.3, 0.4) is 0 Å². The Hall–Kier alpha value is -3.52. The molecule has 1 aliphatic rings. The zero-order valence-electron chi connectivity index (χ0n) is 16.5. The zero-order valence-corrected chi connectivity index (χ0v) is 18.1. The zero-order chi connectivity index (χ0) is 23.8. The highest BCUT2D eigenvalue weighted by Gasteiger charge is 2.38. The van der Waals surface area contributed by atoms with Gasteiger partial charge in [0.1, 0.15) is 13.1 Å². The number of carbonyl (C=O) groups excluding carboxylic acids is 2. The molecule has 32 heavy (non-hydrogen) atoms. The third kappa shape index (κ3) is 4.40. The van der Waals surface area contributed by atoms with Crippen molar-refractivity contribution in [3.8, 4) is 0 Å². The number of hydrogen-bond donors (Lipinski definition) is 1. The van der Waals surface area contributed by atoms with Crippen molar-refractivity contribution in [2.24, 2.45) is 0 Å². The van der Waals surface area contributed by atoms with Gasteiger partial charge in [-0.2, -0.15) is 0 Å². The number of nitro benzene ring substituents is 1. The lowest BCUT2D eigenvalue weighted by Crippen LogP contribution is -2.54. The van der Waals surface area contributed by atoms with E-state index in [2.05, 4.69) is 0 Å². The number of aromatic nitrogens is 2. The summed E-state index contributed by atoms with van der Waals surface area (Å²) in [4.78, 5) is 61.1. The maximum atomic E-state index is 12.9. The molecular formula is C17H16ClN5O8S. The van der Waals surface area contributed by atoms with Crippen LogP contribution in [0, 0.1) is 17.0 Å². The highest BCUT2D eigenvalue weighted by Crippen LogP contribution is 2.30. The average molecular weight is 486 g/mol. The maximum Gasteiger partial charge on any atom is 0.328 e. The summed E-state index contributed by atoms with van der Waals surface area (Å²) >= 11 is 5.71. The Bertz CT molecular complexity index is 1350. The number of H-pyrrole nitrogens is 1. The van der Waals surface area contributed by atoms with E-state index >= 15 is 0 Å². The molecule has 1 aromatic heterocycles. The third-order valence-electron chi connectivity index (χ3n) is 4.71. The Morgan fingerprint density at radius 3 is 2.56 bits per heavy atom. The van der Waals surface area contributed by atoms with Crippen LogP contribution in [0.15, 0.2) is 38.9 Å². The lowest BCUT2D eigenvalue weighted by Gasteiger charge is -2.33. The first kappa shape index (κ1) is 23.1. The van der Waals surface area contributed by atoms with Gasteiger partial charge >= 0.3 is 5.69 Å². The fourth-order valence-electron chi connectivity index (χ4n) is 3.08.